The number of nitrogens with zero attached hydrogens (tertiary/aromatic N) is 2. The Morgan fingerprint density at radius 3 is 2.61 bits per heavy atom. The number of anilines is 1. The molecular formula is C15H19N3O5. The van der Waals surface area contributed by atoms with Crippen LogP contribution in [0.15, 0.2) is 18.2 Å². The van der Waals surface area contributed by atoms with E-state index in [9.17, 15) is 19.7 Å². The highest BCUT2D eigenvalue weighted by Gasteiger charge is 2.24. The van der Waals surface area contributed by atoms with Crippen LogP contribution in [0.2, 0.25) is 0 Å². The summed E-state index contributed by atoms with van der Waals surface area (Å²) in [4.78, 5) is 35.3. The third-order valence-corrected chi connectivity index (χ3v) is 3.88. The van der Waals surface area contributed by atoms with E-state index in [0.717, 1.165) is 25.9 Å². The van der Waals surface area contributed by atoms with Gasteiger partial charge < -0.3 is 15.4 Å². The van der Waals surface area contributed by atoms with E-state index in [4.69, 9.17) is 10.5 Å². The molecule has 2 rings (SSSR count). The summed E-state index contributed by atoms with van der Waals surface area (Å²) < 4.78 is 4.81. The van der Waals surface area contributed by atoms with E-state index in [1.54, 1.807) is 6.07 Å². The lowest BCUT2D eigenvalue weighted by atomic mass is 9.98. The number of nitrogens with two attached hydrogens (primary N) is 1. The molecule has 1 aliphatic rings. The van der Waals surface area contributed by atoms with Gasteiger partial charge in [0.1, 0.15) is 0 Å². The van der Waals surface area contributed by atoms with E-state index in [-0.39, 0.29) is 11.3 Å². The van der Waals surface area contributed by atoms with Crippen molar-refractivity contribution in [2.45, 2.75) is 19.8 Å². The van der Waals surface area contributed by atoms with Gasteiger partial charge >= 0.3 is 5.97 Å². The number of ether oxygens (including phenoxy) is 1. The number of non-ortho nitro benzene ring substituents is 1. The average molecular weight is 321 g/mol. The molecule has 0 radical (unpaired) electrons. The third kappa shape index (κ3) is 4.18. The first kappa shape index (κ1) is 16.7. The molecule has 1 saturated heterocycles. The summed E-state index contributed by atoms with van der Waals surface area (Å²) >= 11 is 0. The average Bonchev–Trinajstić information content (AvgIpc) is 2.52. The van der Waals surface area contributed by atoms with Gasteiger partial charge in [-0.15, -0.1) is 0 Å². The van der Waals surface area contributed by atoms with Gasteiger partial charge in [-0.3, -0.25) is 14.9 Å². The Balaban J connectivity index is 2.30. The molecular weight excluding hydrogens is 302 g/mol. The monoisotopic (exact) mass is 321 g/mol. The molecule has 0 unspecified atom stereocenters. The number of amides is 1. The molecule has 0 saturated carbocycles. The van der Waals surface area contributed by atoms with Crippen LogP contribution in [-0.4, -0.2) is 36.5 Å². The van der Waals surface area contributed by atoms with Crippen LogP contribution in [-0.2, 0) is 9.53 Å². The lowest BCUT2D eigenvalue weighted by Crippen LogP contribution is -2.34. The maximum atomic E-state index is 12.2. The first-order valence-electron chi connectivity index (χ1n) is 7.37. The summed E-state index contributed by atoms with van der Waals surface area (Å²) in [5.74, 6) is -0.965. The zero-order chi connectivity index (χ0) is 17.0. The van der Waals surface area contributed by atoms with Gasteiger partial charge in [-0.05, 0) is 24.8 Å². The Labute approximate surface area is 133 Å². The van der Waals surface area contributed by atoms with Gasteiger partial charge in [-0.25, -0.2) is 4.79 Å². The van der Waals surface area contributed by atoms with Crippen molar-refractivity contribution in [1.29, 1.82) is 0 Å². The van der Waals surface area contributed by atoms with Crippen molar-refractivity contribution in [3.63, 3.8) is 0 Å². The van der Waals surface area contributed by atoms with E-state index in [1.165, 1.54) is 12.1 Å². The van der Waals surface area contributed by atoms with Gasteiger partial charge in [0, 0.05) is 25.2 Å². The molecule has 1 fully saturated rings. The molecule has 1 aromatic carbocycles. The minimum Gasteiger partial charge on any atom is -0.452 e. The van der Waals surface area contributed by atoms with Crippen molar-refractivity contribution in [1.82, 2.24) is 0 Å². The minimum absolute atomic E-state index is 0.0787. The maximum Gasteiger partial charge on any atom is 0.341 e. The molecule has 8 nitrogen and oxygen atoms in total. The summed E-state index contributed by atoms with van der Waals surface area (Å²) in [5.41, 5.74) is 5.41. The number of benzene rings is 1. The predicted octanol–water partition coefficient (Wildman–Crippen LogP) is 1.47. The van der Waals surface area contributed by atoms with E-state index < -0.39 is 23.4 Å². The van der Waals surface area contributed by atoms with Crippen molar-refractivity contribution in [2.75, 3.05) is 24.6 Å². The Kier molecular flexibility index (Phi) is 5.15. The number of carbonyl (C=O) groups is 2. The Bertz CT molecular complexity index is 624. The molecule has 8 heteroatoms. The van der Waals surface area contributed by atoms with Gasteiger partial charge in [-0.1, -0.05) is 6.92 Å². The maximum absolute atomic E-state index is 12.2. The van der Waals surface area contributed by atoms with Crippen LogP contribution in [0.25, 0.3) is 0 Å². The zero-order valence-corrected chi connectivity index (χ0v) is 12.9. The SMILES string of the molecule is CC1CCN(c2ccc([N+](=O)[O-])cc2C(=O)OCC(N)=O)CC1. The topological polar surface area (TPSA) is 116 Å². The van der Waals surface area contributed by atoms with Crippen LogP contribution in [0, 0.1) is 16.0 Å². The fraction of sp³-hybridized carbons (Fsp3) is 0.467. The minimum atomic E-state index is -0.791. The number of esters is 1. The molecule has 124 valence electrons. The number of hydrogen-bond donors (Lipinski definition) is 1. The molecule has 1 aliphatic heterocycles. The van der Waals surface area contributed by atoms with Crippen molar-refractivity contribution >= 4 is 23.3 Å². The van der Waals surface area contributed by atoms with Crippen LogP contribution in [0.1, 0.15) is 30.1 Å². The second kappa shape index (κ2) is 7.08. The number of carbonyl (C=O) groups excluding carboxylic acids is 2. The summed E-state index contributed by atoms with van der Waals surface area (Å²) in [6.07, 6.45) is 1.96. The summed E-state index contributed by atoms with van der Waals surface area (Å²) in [5, 5.41) is 10.9. The van der Waals surface area contributed by atoms with Crippen LogP contribution >= 0.6 is 0 Å². The Hall–Kier alpha value is -2.64. The highest BCUT2D eigenvalue weighted by molar-refractivity contribution is 5.97. The van der Waals surface area contributed by atoms with Crippen LogP contribution in [0.5, 0.6) is 0 Å². The van der Waals surface area contributed by atoms with Gasteiger partial charge in [0.25, 0.3) is 11.6 Å². The highest BCUT2D eigenvalue weighted by Crippen LogP contribution is 2.29. The number of nitro benzene ring substituents is 1. The van der Waals surface area contributed by atoms with Crippen molar-refractivity contribution in [2.24, 2.45) is 11.7 Å². The van der Waals surface area contributed by atoms with E-state index >= 15 is 0 Å². The highest BCUT2D eigenvalue weighted by atomic mass is 16.6. The largest absolute Gasteiger partial charge is 0.452 e. The molecule has 0 aromatic heterocycles. The lowest BCUT2D eigenvalue weighted by molar-refractivity contribution is -0.384. The number of rotatable bonds is 5. The van der Waals surface area contributed by atoms with Gasteiger partial charge in [0.15, 0.2) is 6.61 Å². The van der Waals surface area contributed by atoms with Crippen LogP contribution in [0.4, 0.5) is 11.4 Å². The normalized spacial score (nSPS) is 15.3. The Morgan fingerprint density at radius 1 is 1.39 bits per heavy atom. The third-order valence-electron chi connectivity index (χ3n) is 3.88. The van der Waals surface area contributed by atoms with Gasteiger partial charge in [-0.2, -0.15) is 0 Å². The number of nitro groups is 1. The van der Waals surface area contributed by atoms with E-state index in [0.29, 0.717) is 11.6 Å². The molecule has 0 atom stereocenters. The van der Waals surface area contributed by atoms with Crippen molar-refractivity contribution in [3.8, 4) is 0 Å². The second-order valence-electron chi connectivity index (χ2n) is 5.67. The fourth-order valence-corrected chi connectivity index (χ4v) is 2.54. The molecule has 0 aliphatic carbocycles. The first-order chi connectivity index (χ1) is 10.9. The van der Waals surface area contributed by atoms with E-state index in [2.05, 4.69) is 6.92 Å². The smallest absolute Gasteiger partial charge is 0.341 e. The van der Waals surface area contributed by atoms with Crippen LogP contribution < -0.4 is 10.6 Å². The quantitative estimate of drug-likeness (QED) is 0.499. The Morgan fingerprint density at radius 2 is 2.04 bits per heavy atom. The summed E-state index contributed by atoms with van der Waals surface area (Å²) in [6.45, 7) is 3.12. The molecule has 1 aromatic rings. The van der Waals surface area contributed by atoms with Crippen molar-refractivity contribution < 1.29 is 19.2 Å². The molecule has 1 amide bonds. The van der Waals surface area contributed by atoms with Gasteiger partial charge in [0.05, 0.1) is 16.2 Å². The van der Waals surface area contributed by atoms with E-state index in [1.807, 2.05) is 4.90 Å². The summed E-state index contributed by atoms with van der Waals surface area (Å²) in [6, 6.07) is 4.09. The van der Waals surface area contributed by atoms with Crippen LogP contribution in [0.3, 0.4) is 0 Å². The number of hydrogen-bond acceptors (Lipinski definition) is 6. The fourth-order valence-electron chi connectivity index (χ4n) is 2.54. The standard InChI is InChI=1S/C15H19N3O5/c1-10-4-6-17(7-5-10)13-3-2-11(18(21)22)8-12(13)15(20)23-9-14(16)19/h2-3,8,10H,4-7,9H2,1H3,(H2,16,19). The second-order valence-corrected chi connectivity index (χ2v) is 5.67. The molecule has 2 N–H and O–H groups in total. The molecule has 0 spiro atoms. The zero-order valence-electron chi connectivity index (χ0n) is 12.9. The summed E-state index contributed by atoms with van der Waals surface area (Å²) in [7, 11) is 0. The number of primary amides is 1. The first-order valence-corrected chi connectivity index (χ1v) is 7.37. The molecule has 1 heterocycles. The number of piperidine rings is 1. The molecule has 0 bridgehead atoms. The van der Waals surface area contributed by atoms with Gasteiger partial charge in [0.2, 0.25) is 0 Å². The predicted molar refractivity (Wildman–Crippen MR) is 83.2 cm³/mol. The lowest BCUT2D eigenvalue weighted by Gasteiger charge is -2.33. The van der Waals surface area contributed by atoms with Crippen molar-refractivity contribution in [3.05, 3.63) is 33.9 Å². The molecule has 23 heavy (non-hydrogen) atoms.